The zero-order chi connectivity index (χ0) is 13.2. The molecule has 1 aromatic heterocycles. The molecule has 0 spiro atoms. The Morgan fingerprint density at radius 2 is 2.11 bits per heavy atom. The van der Waals surface area contributed by atoms with Crippen LogP contribution >= 0.6 is 0 Å². The average Bonchev–Trinajstić information content (AvgIpc) is 3.13. The van der Waals surface area contributed by atoms with E-state index in [0.29, 0.717) is 6.04 Å². The Labute approximate surface area is 115 Å². The first-order valence-corrected chi connectivity index (χ1v) is 7.50. The maximum atomic E-state index is 5.93. The number of furan rings is 1. The van der Waals surface area contributed by atoms with Crippen molar-refractivity contribution in [1.29, 1.82) is 0 Å². The zero-order valence-electron chi connectivity index (χ0n) is 11.9. The fraction of sp³-hybridized carbons (Fsp3) is 0.529. The van der Waals surface area contributed by atoms with Crippen LogP contribution in [0.1, 0.15) is 51.3 Å². The van der Waals surface area contributed by atoms with E-state index in [1.54, 1.807) is 0 Å². The van der Waals surface area contributed by atoms with E-state index in [2.05, 4.69) is 37.4 Å². The summed E-state index contributed by atoms with van der Waals surface area (Å²) in [6.45, 7) is 4.47. The lowest BCUT2D eigenvalue weighted by Crippen LogP contribution is -2.31. The third kappa shape index (κ3) is 3.01. The van der Waals surface area contributed by atoms with Crippen LogP contribution in [0.15, 0.2) is 34.7 Å². The molecule has 2 unspecified atom stereocenters. The van der Waals surface area contributed by atoms with Crippen molar-refractivity contribution in [1.82, 2.24) is 5.32 Å². The van der Waals surface area contributed by atoms with Crippen LogP contribution in [0.3, 0.4) is 0 Å². The van der Waals surface area contributed by atoms with E-state index in [0.717, 1.165) is 17.3 Å². The highest BCUT2D eigenvalue weighted by atomic mass is 16.3. The van der Waals surface area contributed by atoms with E-state index in [9.17, 15) is 0 Å². The van der Waals surface area contributed by atoms with E-state index in [-0.39, 0.29) is 6.04 Å². The highest BCUT2D eigenvalue weighted by Gasteiger charge is 2.25. The molecule has 1 aromatic carbocycles. The Bertz CT molecular complexity index is 508. The summed E-state index contributed by atoms with van der Waals surface area (Å²) in [5.41, 5.74) is 0.987. The lowest BCUT2D eigenvalue weighted by atomic mass is 10.1. The van der Waals surface area contributed by atoms with Gasteiger partial charge in [0.15, 0.2) is 0 Å². The van der Waals surface area contributed by atoms with Crippen LogP contribution < -0.4 is 5.32 Å². The molecule has 2 aromatic rings. The molecule has 0 aliphatic heterocycles. The van der Waals surface area contributed by atoms with Gasteiger partial charge in [0, 0.05) is 11.4 Å². The van der Waals surface area contributed by atoms with Crippen molar-refractivity contribution in [3.05, 3.63) is 36.1 Å². The van der Waals surface area contributed by atoms with Crippen LogP contribution in [0, 0.1) is 5.92 Å². The molecule has 1 aliphatic rings. The molecule has 1 N–H and O–H groups in total. The van der Waals surface area contributed by atoms with Crippen molar-refractivity contribution in [2.24, 2.45) is 5.92 Å². The van der Waals surface area contributed by atoms with Crippen molar-refractivity contribution in [3.8, 4) is 0 Å². The Kier molecular flexibility index (Phi) is 3.61. The Hall–Kier alpha value is -1.28. The predicted molar refractivity (Wildman–Crippen MR) is 79.2 cm³/mol. The van der Waals surface area contributed by atoms with Gasteiger partial charge in [-0.3, -0.25) is 0 Å². The van der Waals surface area contributed by atoms with Crippen molar-refractivity contribution < 1.29 is 4.42 Å². The van der Waals surface area contributed by atoms with E-state index >= 15 is 0 Å². The minimum absolute atomic E-state index is 0.288. The molecule has 0 amide bonds. The normalized spacial score (nSPS) is 18.6. The fourth-order valence-corrected chi connectivity index (χ4v) is 2.76. The van der Waals surface area contributed by atoms with Crippen molar-refractivity contribution in [3.63, 3.8) is 0 Å². The first-order valence-electron chi connectivity index (χ1n) is 7.50. The fourth-order valence-electron chi connectivity index (χ4n) is 2.76. The number of rotatable bonds is 6. The monoisotopic (exact) mass is 257 g/mol. The molecule has 3 rings (SSSR count). The maximum Gasteiger partial charge on any atom is 0.134 e. The molecule has 0 radical (unpaired) electrons. The maximum absolute atomic E-state index is 5.93. The number of hydrogen-bond acceptors (Lipinski definition) is 2. The van der Waals surface area contributed by atoms with Crippen LogP contribution in [0.2, 0.25) is 0 Å². The molecule has 1 saturated carbocycles. The summed E-state index contributed by atoms with van der Waals surface area (Å²) in [6.07, 6.45) is 5.37. The van der Waals surface area contributed by atoms with Gasteiger partial charge in [0.1, 0.15) is 11.3 Å². The molecule has 2 nitrogen and oxygen atoms in total. The summed E-state index contributed by atoms with van der Waals surface area (Å²) in [5.74, 6) is 2.02. The van der Waals surface area contributed by atoms with E-state index in [1.807, 2.05) is 12.1 Å². The number of para-hydroxylation sites is 1. The van der Waals surface area contributed by atoms with E-state index in [4.69, 9.17) is 4.42 Å². The smallest absolute Gasteiger partial charge is 0.134 e. The number of benzene rings is 1. The van der Waals surface area contributed by atoms with Crippen LogP contribution in [-0.4, -0.2) is 6.04 Å². The summed E-state index contributed by atoms with van der Waals surface area (Å²) in [7, 11) is 0. The molecule has 2 atom stereocenters. The summed E-state index contributed by atoms with van der Waals surface area (Å²) >= 11 is 0. The standard InChI is InChI=1S/C17H23NO/c1-3-15(10-13-8-9-13)18-12(2)17-11-14-6-4-5-7-16(14)19-17/h4-7,11-13,15,18H,3,8-10H2,1-2H3. The average molecular weight is 257 g/mol. The highest BCUT2D eigenvalue weighted by molar-refractivity contribution is 5.77. The predicted octanol–water partition coefficient (Wildman–Crippen LogP) is 4.66. The van der Waals surface area contributed by atoms with Gasteiger partial charge in [0.2, 0.25) is 0 Å². The molecule has 102 valence electrons. The van der Waals surface area contributed by atoms with Crippen LogP contribution in [0.4, 0.5) is 0 Å². The summed E-state index contributed by atoms with van der Waals surface area (Å²) < 4.78 is 5.93. The number of nitrogens with one attached hydrogen (secondary N) is 1. The zero-order valence-corrected chi connectivity index (χ0v) is 11.9. The van der Waals surface area contributed by atoms with E-state index in [1.165, 1.54) is 31.1 Å². The first-order chi connectivity index (χ1) is 9.26. The molecule has 0 saturated heterocycles. The number of fused-ring (bicyclic) bond motifs is 1. The van der Waals surface area contributed by atoms with Crippen molar-refractivity contribution >= 4 is 11.0 Å². The molecule has 1 heterocycles. The summed E-state index contributed by atoms with van der Waals surface area (Å²) in [5, 5.41) is 4.92. The van der Waals surface area contributed by atoms with Gasteiger partial charge in [0.25, 0.3) is 0 Å². The third-order valence-electron chi connectivity index (χ3n) is 4.16. The summed E-state index contributed by atoms with van der Waals surface area (Å²) in [6, 6.07) is 11.3. The van der Waals surface area contributed by atoms with Gasteiger partial charge < -0.3 is 9.73 Å². The van der Waals surface area contributed by atoms with Crippen molar-refractivity contribution in [2.75, 3.05) is 0 Å². The molecule has 1 fully saturated rings. The summed E-state index contributed by atoms with van der Waals surface area (Å²) in [4.78, 5) is 0. The van der Waals surface area contributed by atoms with Crippen LogP contribution in [-0.2, 0) is 0 Å². The lowest BCUT2D eigenvalue weighted by Gasteiger charge is -2.20. The van der Waals surface area contributed by atoms with Gasteiger partial charge in [-0.1, -0.05) is 38.0 Å². The van der Waals surface area contributed by atoms with Gasteiger partial charge in [-0.25, -0.2) is 0 Å². The quantitative estimate of drug-likeness (QED) is 0.814. The van der Waals surface area contributed by atoms with Gasteiger partial charge in [-0.05, 0) is 37.8 Å². The van der Waals surface area contributed by atoms with Gasteiger partial charge in [0.05, 0.1) is 6.04 Å². The minimum atomic E-state index is 0.288. The third-order valence-corrected chi connectivity index (χ3v) is 4.16. The Morgan fingerprint density at radius 3 is 2.79 bits per heavy atom. The second kappa shape index (κ2) is 5.38. The SMILES string of the molecule is CCC(CC1CC1)NC(C)c1cc2ccccc2o1. The van der Waals surface area contributed by atoms with Crippen LogP contribution in [0.5, 0.6) is 0 Å². The lowest BCUT2D eigenvalue weighted by molar-refractivity contribution is 0.368. The molecule has 0 bridgehead atoms. The number of hydrogen-bond donors (Lipinski definition) is 1. The van der Waals surface area contributed by atoms with Gasteiger partial charge >= 0.3 is 0 Å². The minimum Gasteiger partial charge on any atom is -0.459 e. The van der Waals surface area contributed by atoms with E-state index < -0.39 is 0 Å². The topological polar surface area (TPSA) is 25.2 Å². The Balaban J connectivity index is 1.69. The molecule has 2 heteroatoms. The first kappa shape index (κ1) is 12.7. The molecular weight excluding hydrogens is 234 g/mol. The van der Waals surface area contributed by atoms with Gasteiger partial charge in [-0.2, -0.15) is 0 Å². The second-order valence-corrected chi connectivity index (χ2v) is 5.86. The Morgan fingerprint density at radius 1 is 1.32 bits per heavy atom. The largest absolute Gasteiger partial charge is 0.459 e. The van der Waals surface area contributed by atoms with Crippen molar-refractivity contribution in [2.45, 2.75) is 51.6 Å². The van der Waals surface area contributed by atoms with Crippen LogP contribution in [0.25, 0.3) is 11.0 Å². The molecule has 19 heavy (non-hydrogen) atoms. The highest BCUT2D eigenvalue weighted by Crippen LogP contribution is 2.34. The second-order valence-electron chi connectivity index (χ2n) is 5.86. The molecular formula is C17H23NO. The van der Waals surface area contributed by atoms with Gasteiger partial charge in [-0.15, -0.1) is 0 Å². The molecule has 1 aliphatic carbocycles.